The van der Waals surface area contributed by atoms with Crippen LogP contribution in [0, 0.1) is 29.3 Å². The maximum absolute atomic E-state index is 14.7. The second-order valence-electron chi connectivity index (χ2n) is 7.04. The molecule has 32 heavy (non-hydrogen) atoms. The number of allylic oxidation sites excluding steroid dienone is 2. The van der Waals surface area contributed by atoms with Crippen molar-refractivity contribution in [2.24, 2.45) is 0 Å². The fraction of sp³-hybridized carbons (Fsp3) is 0.154. The van der Waals surface area contributed by atoms with E-state index in [0.29, 0.717) is 5.56 Å². The Morgan fingerprint density at radius 2 is 1.34 bits per heavy atom. The third kappa shape index (κ3) is 5.82. The van der Waals surface area contributed by atoms with Crippen LogP contribution in [0.15, 0.2) is 66.7 Å². The van der Waals surface area contributed by atoms with Gasteiger partial charge < -0.3 is 0 Å². The molecule has 0 atom stereocenters. The molecule has 3 aromatic rings. The molecule has 0 saturated heterocycles. The highest BCUT2D eigenvalue weighted by Crippen LogP contribution is 2.30. The van der Waals surface area contributed by atoms with Gasteiger partial charge >= 0.3 is 6.18 Å². The van der Waals surface area contributed by atoms with Crippen molar-refractivity contribution in [3.05, 3.63) is 95.3 Å². The van der Waals surface area contributed by atoms with E-state index in [2.05, 4.69) is 19.1 Å². The Bertz CT molecular complexity index is 1170. The number of rotatable bonds is 5. The van der Waals surface area contributed by atoms with Gasteiger partial charge in [0.15, 0.2) is 0 Å². The lowest BCUT2D eigenvalue weighted by Crippen LogP contribution is -2.02. The van der Waals surface area contributed by atoms with Crippen LogP contribution in [0.3, 0.4) is 0 Å². The highest BCUT2D eigenvalue weighted by Gasteiger charge is 2.23. The number of halogens is 6. The molecular weight excluding hydrogens is 426 g/mol. The summed E-state index contributed by atoms with van der Waals surface area (Å²) in [7, 11) is 0. The van der Waals surface area contributed by atoms with E-state index in [0.717, 1.165) is 42.0 Å². The van der Waals surface area contributed by atoms with Crippen LogP contribution >= 0.6 is 0 Å². The van der Waals surface area contributed by atoms with Gasteiger partial charge in [-0.25, -0.2) is 13.2 Å². The minimum absolute atomic E-state index is 0.0804. The predicted molar refractivity (Wildman–Crippen MR) is 113 cm³/mol. The lowest BCUT2D eigenvalue weighted by atomic mass is 9.97. The number of benzene rings is 3. The van der Waals surface area contributed by atoms with Crippen LogP contribution in [0.5, 0.6) is 0 Å². The van der Waals surface area contributed by atoms with E-state index < -0.39 is 29.2 Å². The van der Waals surface area contributed by atoms with E-state index in [4.69, 9.17) is 0 Å². The van der Waals surface area contributed by atoms with E-state index in [9.17, 15) is 26.3 Å². The molecule has 0 aromatic heterocycles. The van der Waals surface area contributed by atoms with E-state index in [1.54, 1.807) is 6.07 Å². The summed E-state index contributed by atoms with van der Waals surface area (Å²) in [4.78, 5) is 0. The van der Waals surface area contributed by atoms with Crippen molar-refractivity contribution in [2.45, 2.75) is 25.9 Å². The predicted octanol–water partition coefficient (Wildman–Crippen LogP) is 7.86. The van der Waals surface area contributed by atoms with E-state index >= 15 is 0 Å². The largest absolute Gasteiger partial charge is 0.458 e. The van der Waals surface area contributed by atoms with Crippen molar-refractivity contribution in [1.82, 2.24) is 0 Å². The van der Waals surface area contributed by atoms with Crippen LogP contribution in [0.4, 0.5) is 26.3 Å². The van der Waals surface area contributed by atoms with Crippen molar-refractivity contribution in [3.8, 4) is 34.1 Å². The molecule has 6 heteroatoms. The van der Waals surface area contributed by atoms with Gasteiger partial charge in [-0.05, 0) is 53.3 Å². The van der Waals surface area contributed by atoms with Crippen LogP contribution in [-0.4, -0.2) is 6.18 Å². The number of hydrogen-bond acceptors (Lipinski definition) is 0. The Labute approximate surface area is 182 Å². The Kier molecular flexibility index (Phi) is 7.09. The summed E-state index contributed by atoms with van der Waals surface area (Å²) >= 11 is 0. The zero-order chi connectivity index (χ0) is 23.3. The monoisotopic (exact) mass is 444 g/mol. The number of hydrogen-bond donors (Lipinski definition) is 0. The van der Waals surface area contributed by atoms with Crippen LogP contribution < -0.4 is 0 Å². The second-order valence-corrected chi connectivity index (χ2v) is 7.04. The van der Waals surface area contributed by atoms with Gasteiger partial charge in [-0.2, -0.15) is 13.2 Å². The highest BCUT2D eigenvalue weighted by molar-refractivity contribution is 5.72. The van der Waals surface area contributed by atoms with Crippen LogP contribution in [0.25, 0.3) is 22.3 Å². The van der Waals surface area contributed by atoms with Crippen molar-refractivity contribution < 1.29 is 26.3 Å². The smallest absolute Gasteiger partial charge is 0.206 e. The molecule has 0 aliphatic rings. The first-order chi connectivity index (χ1) is 15.2. The second kappa shape index (κ2) is 9.78. The maximum atomic E-state index is 14.7. The van der Waals surface area contributed by atoms with Crippen LogP contribution in [0.2, 0.25) is 0 Å². The standard InChI is InChI=1S/C26H18F6/c1-2-3-4-5-17-6-8-18(9-7-17)19-10-11-21(23(27)14-19)20-15-24(28)22(25(29)16-20)12-13-26(30,31)32/h3-4,6-11,14-16H,2,5H2,1H3. The van der Waals surface area contributed by atoms with Gasteiger partial charge in [-0.3, -0.25) is 0 Å². The SMILES string of the molecule is CCC=CCc1ccc(-c2ccc(-c3cc(F)c(C#CC(F)(F)F)c(F)c3)c(F)c2)cc1. The Balaban J connectivity index is 1.88. The lowest BCUT2D eigenvalue weighted by Gasteiger charge is -2.09. The van der Waals surface area contributed by atoms with Crippen molar-refractivity contribution in [2.75, 3.05) is 0 Å². The summed E-state index contributed by atoms with van der Waals surface area (Å²) in [6.07, 6.45) is 1.01. The van der Waals surface area contributed by atoms with Gasteiger partial charge in [-0.1, -0.05) is 61.4 Å². The molecule has 0 nitrogen and oxygen atoms in total. The average molecular weight is 444 g/mol. The topological polar surface area (TPSA) is 0 Å². The number of alkyl halides is 3. The van der Waals surface area contributed by atoms with Gasteiger partial charge in [0.2, 0.25) is 0 Å². The normalized spacial score (nSPS) is 11.5. The summed E-state index contributed by atoms with van der Waals surface area (Å²) in [5, 5.41) is 0. The summed E-state index contributed by atoms with van der Waals surface area (Å²) in [6, 6.07) is 13.3. The molecule has 0 heterocycles. The summed E-state index contributed by atoms with van der Waals surface area (Å²) in [5.41, 5.74) is 1.22. The molecule has 0 unspecified atom stereocenters. The van der Waals surface area contributed by atoms with E-state index in [-0.39, 0.29) is 11.1 Å². The Morgan fingerprint density at radius 1 is 0.750 bits per heavy atom. The molecule has 3 rings (SSSR count). The summed E-state index contributed by atoms with van der Waals surface area (Å²) < 4.78 is 79.7. The molecular formula is C26H18F6. The lowest BCUT2D eigenvalue weighted by molar-refractivity contribution is -0.0696. The van der Waals surface area contributed by atoms with Crippen LogP contribution in [-0.2, 0) is 6.42 Å². The third-order valence-corrected chi connectivity index (χ3v) is 4.69. The minimum atomic E-state index is -4.89. The molecule has 0 radical (unpaired) electrons. The van der Waals surface area contributed by atoms with E-state index in [1.807, 2.05) is 24.3 Å². The minimum Gasteiger partial charge on any atom is -0.206 e. The first kappa shape index (κ1) is 23.2. The first-order valence-electron chi connectivity index (χ1n) is 9.81. The Morgan fingerprint density at radius 3 is 1.91 bits per heavy atom. The van der Waals surface area contributed by atoms with Gasteiger partial charge in [0.25, 0.3) is 0 Å². The molecule has 0 fully saturated rings. The Hall–Kier alpha value is -3.46. The van der Waals surface area contributed by atoms with Gasteiger partial charge in [0, 0.05) is 11.5 Å². The first-order valence-corrected chi connectivity index (χ1v) is 9.81. The van der Waals surface area contributed by atoms with Crippen molar-refractivity contribution in [1.29, 1.82) is 0 Å². The summed E-state index contributed by atoms with van der Waals surface area (Å²) in [5.74, 6) is -1.04. The summed E-state index contributed by atoms with van der Waals surface area (Å²) in [6.45, 7) is 2.05. The average Bonchev–Trinajstić information content (AvgIpc) is 2.73. The molecule has 0 N–H and O–H groups in total. The van der Waals surface area contributed by atoms with Crippen molar-refractivity contribution >= 4 is 0 Å². The molecule has 164 valence electrons. The van der Waals surface area contributed by atoms with Gasteiger partial charge in [0.1, 0.15) is 17.5 Å². The molecule has 0 saturated carbocycles. The molecule has 0 bridgehead atoms. The quantitative estimate of drug-likeness (QED) is 0.213. The van der Waals surface area contributed by atoms with Gasteiger partial charge in [0.05, 0.1) is 5.56 Å². The highest BCUT2D eigenvalue weighted by atomic mass is 19.4. The van der Waals surface area contributed by atoms with Gasteiger partial charge in [-0.15, -0.1) is 0 Å². The molecule has 0 spiro atoms. The fourth-order valence-corrected chi connectivity index (χ4v) is 3.13. The molecule has 3 aromatic carbocycles. The zero-order valence-corrected chi connectivity index (χ0v) is 17.0. The zero-order valence-electron chi connectivity index (χ0n) is 17.0. The molecule has 0 amide bonds. The maximum Gasteiger partial charge on any atom is 0.458 e. The molecule has 0 aliphatic heterocycles. The van der Waals surface area contributed by atoms with E-state index in [1.165, 1.54) is 18.1 Å². The third-order valence-electron chi connectivity index (χ3n) is 4.69. The fourth-order valence-electron chi connectivity index (χ4n) is 3.13. The molecule has 0 aliphatic carbocycles. The van der Waals surface area contributed by atoms with Crippen LogP contribution in [0.1, 0.15) is 24.5 Å². The van der Waals surface area contributed by atoms with Crippen molar-refractivity contribution in [3.63, 3.8) is 0 Å².